The Hall–Kier alpha value is 0.0406. The van der Waals surface area contributed by atoms with Gasteiger partial charge in [-0.15, -0.1) is 0 Å². The van der Waals surface area contributed by atoms with Crippen molar-refractivity contribution in [1.29, 1.82) is 0 Å². The minimum atomic E-state index is -1.29. The van der Waals surface area contributed by atoms with E-state index in [1.807, 2.05) is 0 Å². The van der Waals surface area contributed by atoms with Crippen molar-refractivity contribution in [2.45, 2.75) is 0 Å². The van der Waals surface area contributed by atoms with Gasteiger partial charge >= 0.3 is 0 Å². The van der Waals surface area contributed by atoms with E-state index in [4.69, 9.17) is 13.3 Å². The van der Waals surface area contributed by atoms with Crippen molar-refractivity contribution < 1.29 is 18.1 Å². The molecular formula is CH8O4Si3. The molecule has 0 aromatic carbocycles. The van der Waals surface area contributed by atoms with Crippen LogP contribution < -0.4 is 0 Å². The van der Waals surface area contributed by atoms with E-state index < -0.39 is 25.4 Å². The van der Waals surface area contributed by atoms with Gasteiger partial charge in [0.1, 0.15) is 10.5 Å². The second kappa shape index (κ2) is 5.18. The summed E-state index contributed by atoms with van der Waals surface area (Å²) in [4.78, 5) is 9.79. The zero-order valence-corrected chi connectivity index (χ0v) is 9.41. The molecule has 0 atom stereocenters. The van der Waals surface area contributed by atoms with Gasteiger partial charge in [0.05, 0.1) is 0 Å². The van der Waals surface area contributed by atoms with Crippen LogP contribution >= 0.6 is 0 Å². The first-order valence-corrected chi connectivity index (χ1v) is 5.31. The predicted molar refractivity (Wildman–Crippen MR) is 37.2 cm³/mol. The lowest BCUT2D eigenvalue weighted by molar-refractivity contribution is 0.217. The SMILES string of the molecule is O=C(O)[SiH2]O[SiH2]O[SiH3]. The van der Waals surface area contributed by atoms with Crippen molar-refractivity contribution in [3.63, 3.8) is 0 Å². The van der Waals surface area contributed by atoms with Crippen molar-refractivity contribution in [1.82, 2.24) is 0 Å². The maximum absolute atomic E-state index is 9.79. The van der Waals surface area contributed by atoms with Gasteiger partial charge in [0.2, 0.25) is 0 Å². The lowest BCUT2D eigenvalue weighted by atomic mass is 11.6. The van der Waals surface area contributed by atoms with Gasteiger partial charge in [-0.1, -0.05) is 0 Å². The van der Waals surface area contributed by atoms with Gasteiger partial charge in [0.25, 0.3) is 25.4 Å². The van der Waals surface area contributed by atoms with Crippen molar-refractivity contribution in [2.24, 2.45) is 0 Å². The molecule has 0 fully saturated rings. The summed E-state index contributed by atoms with van der Waals surface area (Å²) in [6.07, 6.45) is 0. The summed E-state index contributed by atoms with van der Waals surface area (Å²) < 4.78 is 9.45. The van der Waals surface area contributed by atoms with Crippen LogP contribution in [-0.4, -0.2) is 41.0 Å². The molecule has 0 aromatic heterocycles. The number of carbonyl (C=O) groups is 1. The Morgan fingerprint density at radius 3 is 2.75 bits per heavy atom. The molecule has 8 heavy (non-hydrogen) atoms. The molecule has 0 aliphatic rings. The minimum absolute atomic E-state index is 0.665. The van der Waals surface area contributed by atoms with Crippen LogP contribution in [0.25, 0.3) is 0 Å². The van der Waals surface area contributed by atoms with Gasteiger partial charge in [-0.3, -0.25) is 4.79 Å². The molecule has 0 unspecified atom stereocenters. The third kappa shape index (κ3) is 6.04. The van der Waals surface area contributed by atoms with Crippen LogP contribution in [0.3, 0.4) is 0 Å². The molecule has 7 heteroatoms. The number of rotatable bonds is 4. The molecule has 0 rings (SSSR count). The number of hydrogen-bond donors (Lipinski definition) is 1. The van der Waals surface area contributed by atoms with E-state index in [2.05, 4.69) is 0 Å². The van der Waals surface area contributed by atoms with E-state index in [1.54, 1.807) is 0 Å². The lowest BCUT2D eigenvalue weighted by Crippen LogP contribution is -2.14. The second-order valence-electron chi connectivity index (χ2n) is 1.15. The fourth-order valence-electron chi connectivity index (χ4n) is 0.212. The molecule has 0 saturated carbocycles. The summed E-state index contributed by atoms with van der Waals surface area (Å²) >= 11 is 0. The first-order valence-electron chi connectivity index (χ1n) is 2.06. The highest BCUT2D eigenvalue weighted by Crippen LogP contribution is 1.67. The Morgan fingerprint density at radius 1 is 1.75 bits per heavy atom. The molecule has 48 valence electrons. The molecule has 0 amide bonds. The molecule has 4 nitrogen and oxygen atoms in total. The van der Waals surface area contributed by atoms with Crippen LogP contribution in [0.4, 0.5) is 4.79 Å². The highest BCUT2D eigenvalue weighted by atomic mass is 28.3. The molecule has 0 saturated heterocycles. The average molecular weight is 168 g/mol. The van der Waals surface area contributed by atoms with Crippen LogP contribution in [0, 0.1) is 0 Å². The summed E-state index contributed by atoms with van der Waals surface area (Å²) in [5.74, 6) is 0. The lowest BCUT2D eigenvalue weighted by Gasteiger charge is -1.94. The maximum atomic E-state index is 9.79. The minimum Gasteiger partial charge on any atom is -0.484 e. The maximum Gasteiger partial charge on any atom is 0.292 e. The van der Waals surface area contributed by atoms with Crippen LogP contribution in [0.15, 0.2) is 0 Å². The molecule has 0 aromatic rings. The van der Waals surface area contributed by atoms with Crippen LogP contribution in [-0.2, 0) is 8.23 Å². The second-order valence-corrected chi connectivity index (χ2v) is 6.22. The Kier molecular flexibility index (Phi) is 5.21. The summed E-state index contributed by atoms with van der Waals surface area (Å²) in [7, 11) is -1.50. The number of hydrogen-bond acceptors (Lipinski definition) is 3. The first-order chi connectivity index (χ1) is 3.77. The molecule has 0 aliphatic carbocycles. The highest BCUT2D eigenvalue weighted by molar-refractivity contribution is 6.69. The third-order valence-corrected chi connectivity index (χ3v) is 3.10. The standard InChI is InChI=1S/CH8O4Si3/c2-1(3)7-5-8-4-6/h7-8H2,6H3,(H,2,3). The highest BCUT2D eigenvalue weighted by Gasteiger charge is 1.95. The van der Waals surface area contributed by atoms with Crippen molar-refractivity contribution >= 4 is 35.8 Å². The molecule has 0 bridgehead atoms. The monoisotopic (exact) mass is 168 g/mol. The predicted octanol–water partition coefficient (Wildman–Crippen LogP) is -2.94. The molecule has 0 heterocycles. The summed E-state index contributed by atoms with van der Waals surface area (Å²) in [5.41, 5.74) is -0.795. The van der Waals surface area contributed by atoms with Gasteiger partial charge in [0, 0.05) is 0 Å². The van der Waals surface area contributed by atoms with E-state index in [0.717, 1.165) is 0 Å². The van der Waals surface area contributed by atoms with Gasteiger partial charge < -0.3 is 13.3 Å². The Bertz CT molecular complexity index is 73.7. The van der Waals surface area contributed by atoms with Crippen LogP contribution in [0.1, 0.15) is 0 Å². The van der Waals surface area contributed by atoms with Gasteiger partial charge in [-0.25, -0.2) is 0 Å². The smallest absolute Gasteiger partial charge is 0.292 e. The molecular weight excluding hydrogens is 160 g/mol. The summed E-state index contributed by atoms with van der Waals surface area (Å²) in [5, 5.41) is 8.05. The topological polar surface area (TPSA) is 55.8 Å². The van der Waals surface area contributed by atoms with E-state index in [0.29, 0.717) is 10.5 Å². The average Bonchev–Trinajstić information content (AvgIpc) is 1.66. The van der Waals surface area contributed by atoms with Crippen LogP contribution in [0.5, 0.6) is 0 Å². The number of carboxylic acid groups (broad SMARTS) is 1. The quantitative estimate of drug-likeness (QED) is 0.360. The van der Waals surface area contributed by atoms with Gasteiger partial charge in [-0.05, 0) is 0 Å². The summed E-state index contributed by atoms with van der Waals surface area (Å²) in [6.45, 7) is 0. The van der Waals surface area contributed by atoms with Crippen LogP contribution in [0.2, 0.25) is 0 Å². The normalized spacial score (nSPS) is 12.5. The Balaban J connectivity index is 2.82. The van der Waals surface area contributed by atoms with E-state index >= 15 is 0 Å². The van der Waals surface area contributed by atoms with Crippen molar-refractivity contribution in [3.8, 4) is 0 Å². The summed E-state index contributed by atoms with van der Waals surface area (Å²) in [6, 6.07) is 0. The Morgan fingerprint density at radius 2 is 2.38 bits per heavy atom. The molecule has 1 N–H and O–H groups in total. The first kappa shape index (κ1) is 8.04. The van der Waals surface area contributed by atoms with E-state index in [9.17, 15) is 4.79 Å². The zero-order chi connectivity index (χ0) is 6.41. The molecule has 0 spiro atoms. The van der Waals surface area contributed by atoms with E-state index in [1.165, 1.54) is 0 Å². The van der Waals surface area contributed by atoms with Gasteiger partial charge in [0.15, 0.2) is 0 Å². The largest absolute Gasteiger partial charge is 0.484 e. The van der Waals surface area contributed by atoms with Crippen molar-refractivity contribution in [3.05, 3.63) is 0 Å². The third-order valence-electron chi connectivity index (χ3n) is 0.427. The Labute approximate surface area is 54.7 Å². The van der Waals surface area contributed by atoms with Crippen molar-refractivity contribution in [2.75, 3.05) is 0 Å². The molecule has 0 radical (unpaired) electrons. The molecule has 0 aliphatic heterocycles. The fraction of sp³-hybridized carbons (Fsp3) is 0. The van der Waals surface area contributed by atoms with E-state index in [-0.39, 0.29) is 0 Å². The van der Waals surface area contributed by atoms with Gasteiger partial charge in [-0.2, -0.15) is 0 Å². The fourth-order valence-corrected chi connectivity index (χ4v) is 3.41. The zero-order valence-electron chi connectivity index (χ0n) is 4.59.